The van der Waals surface area contributed by atoms with Gasteiger partial charge in [-0.15, -0.1) is 0 Å². The van der Waals surface area contributed by atoms with Gasteiger partial charge >= 0.3 is 17.9 Å². The van der Waals surface area contributed by atoms with Gasteiger partial charge in [-0.3, -0.25) is 33.9 Å². The van der Waals surface area contributed by atoms with Crippen molar-refractivity contribution in [1.29, 1.82) is 0 Å². The molecule has 0 spiro atoms. The van der Waals surface area contributed by atoms with Crippen LogP contribution in [-0.2, 0) is 38.2 Å². The monoisotopic (exact) mass is 488 g/mol. The first-order chi connectivity index (χ1) is 16.2. The molecule has 0 aliphatic rings. The second-order valence-electron chi connectivity index (χ2n) is 7.79. The second-order valence-corrected chi connectivity index (χ2v) is 7.79. The van der Waals surface area contributed by atoms with Crippen LogP contribution in [0.25, 0.3) is 0 Å². The average Bonchev–Trinajstić information content (AvgIpc) is 2.83. The fourth-order valence-corrected chi connectivity index (χ4v) is 2.96. The lowest BCUT2D eigenvalue weighted by molar-refractivity contribution is -0.144. The third-order valence-corrected chi connectivity index (χ3v) is 5.17. The molecule has 0 aromatic rings. The summed E-state index contributed by atoms with van der Waals surface area (Å²) in [6, 6.07) is 0. The predicted molar refractivity (Wildman–Crippen MR) is 124 cm³/mol. The molecule has 0 unspecified atom stereocenters. The Hall–Kier alpha value is -2.57. The minimum atomic E-state index is -0.476. The minimum Gasteiger partial charge on any atom is -0.468 e. The molecule has 0 fully saturated rings. The maximum absolute atomic E-state index is 12.6. The van der Waals surface area contributed by atoms with Crippen LogP contribution in [0.3, 0.4) is 0 Å². The first-order valence-electron chi connectivity index (χ1n) is 11.3. The highest BCUT2D eigenvalue weighted by molar-refractivity contribution is 5.79. The Kier molecular flexibility index (Phi) is 17.4. The first-order valence-corrected chi connectivity index (χ1v) is 11.3. The van der Waals surface area contributed by atoms with Gasteiger partial charge in [0.1, 0.15) is 6.29 Å². The van der Waals surface area contributed by atoms with Crippen LogP contribution in [0.1, 0.15) is 19.8 Å². The lowest BCUT2D eigenvalue weighted by Gasteiger charge is -2.29. The number of amides is 1. The molecule has 1 amide bonds. The molecule has 0 rings (SSSR count). The van der Waals surface area contributed by atoms with Gasteiger partial charge in [-0.2, -0.15) is 0 Å². The van der Waals surface area contributed by atoms with Gasteiger partial charge in [0.15, 0.2) is 0 Å². The zero-order valence-electron chi connectivity index (χ0n) is 21.1. The van der Waals surface area contributed by atoms with Crippen LogP contribution in [0.2, 0.25) is 0 Å². The van der Waals surface area contributed by atoms with Crippen LogP contribution in [0, 0.1) is 0 Å². The molecule has 0 atom stereocenters. The third-order valence-electron chi connectivity index (χ3n) is 5.17. The Labute approximate surface area is 202 Å². The van der Waals surface area contributed by atoms with E-state index in [1.165, 1.54) is 21.3 Å². The van der Waals surface area contributed by atoms with Crippen LogP contribution < -0.4 is 0 Å². The molecule has 0 saturated carbocycles. The average molecular weight is 489 g/mol. The Morgan fingerprint density at radius 3 is 1.59 bits per heavy atom. The number of rotatable bonds is 19. The van der Waals surface area contributed by atoms with Crippen LogP contribution in [0.4, 0.5) is 0 Å². The topological polar surface area (TPSA) is 126 Å². The largest absolute Gasteiger partial charge is 0.468 e. The zero-order chi connectivity index (χ0) is 25.9. The predicted octanol–water partition coefficient (Wildman–Crippen LogP) is -1.13. The number of nitrogens with zero attached hydrogens (tertiary/aromatic N) is 4. The van der Waals surface area contributed by atoms with Crippen LogP contribution >= 0.6 is 0 Å². The molecule has 0 radical (unpaired) electrons. The summed E-state index contributed by atoms with van der Waals surface area (Å²) in [7, 11) is 5.55. The van der Waals surface area contributed by atoms with E-state index in [-0.39, 0.29) is 38.6 Å². The Bertz CT molecular complexity index is 646. The van der Waals surface area contributed by atoms with E-state index in [4.69, 9.17) is 9.47 Å². The van der Waals surface area contributed by atoms with E-state index in [1.807, 2.05) is 6.92 Å². The molecule has 12 nitrogen and oxygen atoms in total. The number of hydrogen-bond donors (Lipinski definition) is 0. The summed E-state index contributed by atoms with van der Waals surface area (Å²) >= 11 is 0. The van der Waals surface area contributed by atoms with Crippen molar-refractivity contribution in [3.8, 4) is 0 Å². The van der Waals surface area contributed by atoms with Crippen LogP contribution in [0.15, 0.2) is 0 Å². The molecule has 12 heteroatoms. The second kappa shape index (κ2) is 18.8. The van der Waals surface area contributed by atoms with E-state index in [0.717, 1.165) is 12.8 Å². The molecule has 0 aliphatic heterocycles. The van der Waals surface area contributed by atoms with Gasteiger partial charge in [0.05, 0.1) is 54.1 Å². The van der Waals surface area contributed by atoms with E-state index >= 15 is 0 Å². The number of unbranched alkanes of at least 4 members (excludes halogenated alkanes) is 1. The lowest BCUT2D eigenvalue weighted by atomic mass is 10.3. The number of methoxy groups -OCH3 is 3. The van der Waals surface area contributed by atoms with Crippen LogP contribution in [0.5, 0.6) is 0 Å². The van der Waals surface area contributed by atoms with E-state index in [9.17, 15) is 24.0 Å². The van der Waals surface area contributed by atoms with Gasteiger partial charge in [0.2, 0.25) is 5.91 Å². The fraction of sp³-hybridized carbons (Fsp3) is 0.773. The number of carbonyl (C=O) groups is 5. The lowest BCUT2D eigenvalue weighted by Crippen LogP contribution is -2.46. The summed E-state index contributed by atoms with van der Waals surface area (Å²) in [5.74, 6) is -1.52. The zero-order valence-corrected chi connectivity index (χ0v) is 21.1. The molecule has 34 heavy (non-hydrogen) atoms. The van der Waals surface area contributed by atoms with Gasteiger partial charge < -0.3 is 23.9 Å². The van der Waals surface area contributed by atoms with Crippen molar-refractivity contribution in [2.45, 2.75) is 19.8 Å². The minimum absolute atomic E-state index is 0.0277. The van der Waals surface area contributed by atoms with Crippen molar-refractivity contribution in [2.75, 3.05) is 93.8 Å². The highest BCUT2D eigenvalue weighted by Gasteiger charge is 2.20. The van der Waals surface area contributed by atoms with Gasteiger partial charge in [0, 0.05) is 39.8 Å². The van der Waals surface area contributed by atoms with Gasteiger partial charge in [-0.25, -0.2) is 0 Å². The highest BCUT2D eigenvalue weighted by atomic mass is 16.5. The molecule has 0 bridgehead atoms. The normalized spacial score (nSPS) is 10.9. The maximum atomic E-state index is 12.6. The quantitative estimate of drug-likeness (QED) is 0.124. The molecule has 0 aliphatic carbocycles. The molecule has 196 valence electrons. The molecule has 0 saturated heterocycles. The maximum Gasteiger partial charge on any atom is 0.319 e. The number of aldehydes is 1. The van der Waals surface area contributed by atoms with Crippen molar-refractivity contribution in [2.24, 2.45) is 0 Å². The summed E-state index contributed by atoms with van der Waals surface area (Å²) in [4.78, 5) is 65.6. The highest BCUT2D eigenvalue weighted by Crippen LogP contribution is 2.00. The summed E-state index contributed by atoms with van der Waals surface area (Å²) in [5, 5.41) is 0. The molecule has 0 aromatic carbocycles. The number of esters is 3. The Morgan fingerprint density at radius 2 is 1.12 bits per heavy atom. The van der Waals surface area contributed by atoms with E-state index in [1.54, 1.807) is 26.6 Å². The molecule has 0 N–H and O–H groups in total. The fourth-order valence-electron chi connectivity index (χ4n) is 2.96. The van der Waals surface area contributed by atoms with Crippen molar-refractivity contribution in [3.05, 3.63) is 0 Å². The van der Waals surface area contributed by atoms with Crippen molar-refractivity contribution >= 4 is 30.1 Å². The van der Waals surface area contributed by atoms with E-state index in [2.05, 4.69) is 4.74 Å². The summed E-state index contributed by atoms with van der Waals surface area (Å²) < 4.78 is 14.2. The first kappa shape index (κ1) is 31.4. The molecule has 0 heterocycles. The van der Waals surface area contributed by atoms with Crippen LogP contribution in [-0.4, -0.2) is 144 Å². The smallest absolute Gasteiger partial charge is 0.319 e. The third kappa shape index (κ3) is 14.6. The molecular formula is C22H40N4O8. The Balaban J connectivity index is 5.20. The van der Waals surface area contributed by atoms with Crippen molar-refractivity contribution in [3.63, 3.8) is 0 Å². The number of ether oxygens (including phenoxy) is 3. The van der Waals surface area contributed by atoms with E-state index in [0.29, 0.717) is 39.0 Å². The SMILES string of the molecule is CCCCN(C)C(=O)CN(CCN(CCN(CC=O)CC(=O)OC)CC(=O)OC)CC(=O)OC. The number of hydrogen-bond acceptors (Lipinski definition) is 11. The van der Waals surface area contributed by atoms with Gasteiger partial charge in [0.25, 0.3) is 0 Å². The van der Waals surface area contributed by atoms with E-state index < -0.39 is 17.9 Å². The van der Waals surface area contributed by atoms with Crippen molar-refractivity contribution < 1.29 is 38.2 Å². The molecular weight excluding hydrogens is 448 g/mol. The summed E-state index contributed by atoms with van der Waals surface area (Å²) in [6.45, 7) is 3.88. The van der Waals surface area contributed by atoms with Crippen molar-refractivity contribution in [1.82, 2.24) is 19.6 Å². The summed E-state index contributed by atoms with van der Waals surface area (Å²) in [5.41, 5.74) is 0. The Morgan fingerprint density at radius 1 is 0.676 bits per heavy atom. The number of likely N-dealkylation sites (N-methyl/N-ethyl adjacent to an activating group) is 1. The standard InChI is InChI=1S/C22H40N4O8/c1-6-7-8-23(2)19(28)15-26(18-22(31)34-5)12-11-24(16-20(29)32-3)9-10-25(13-14-27)17-21(30)33-4/h14H,6-13,15-18H2,1-5H3. The summed E-state index contributed by atoms with van der Waals surface area (Å²) in [6.07, 6.45) is 2.53. The van der Waals surface area contributed by atoms with Gasteiger partial charge in [-0.1, -0.05) is 13.3 Å². The number of carbonyl (C=O) groups excluding carboxylic acids is 5. The molecule has 0 aromatic heterocycles. The van der Waals surface area contributed by atoms with Gasteiger partial charge in [-0.05, 0) is 6.42 Å².